The number of hydrogen-bond acceptors (Lipinski definition) is 3. The third-order valence-corrected chi connectivity index (χ3v) is 5.57. The Morgan fingerprint density at radius 3 is 2.62 bits per heavy atom. The maximum atomic E-state index is 11.0. The van der Waals surface area contributed by atoms with E-state index < -0.39 is 5.97 Å². The van der Waals surface area contributed by atoms with Crippen molar-refractivity contribution in [3.63, 3.8) is 0 Å². The molecule has 0 spiro atoms. The third-order valence-electron chi connectivity index (χ3n) is 3.96. The molecule has 1 aromatic rings. The highest BCUT2D eigenvalue weighted by molar-refractivity contribution is 7.99. The first kappa shape index (κ1) is 16.2. The van der Waals surface area contributed by atoms with Gasteiger partial charge in [-0.2, -0.15) is 11.8 Å². The second-order valence-corrected chi connectivity index (χ2v) is 7.74. The van der Waals surface area contributed by atoms with Gasteiger partial charge in [-0.3, -0.25) is 4.79 Å². The minimum atomic E-state index is -0.727. The van der Waals surface area contributed by atoms with Crippen molar-refractivity contribution in [3.05, 3.63) is 29.8 Å². The van der Waals surface area contributed by atoms with Crippen molar-refractivity contribution in [1.29, 1.82) is 0 Å². The van der Waals surface area contributed by atoms with Gasteiger partial charge >= 0.3 is 5.97 Å². The van der Waals surface area contributed by atoms with Gasteiger partial charge in [0, 0.05) is 24.0 Å². The van der Waals surface area contributed by atoms with Gasteiger partial charge in [-0.05, 0) is 36.6 Å². The molecule has 1 N–H and O–H groups in total. The highest BCUT2D eigenvalue weighted by Gasteiger charge is 2.32. The van der Waals surface area contributed by atoms with Crippen molar-refractivity contribution < 1.29 is 9.90 Å². The zero-order valence-corrected chi connectivity index (χ0v) is 13.9. The molecule has 1 aromatic carbocycles. The average Bonchev–Trinajstić information content (AvgIpc) is 2.39. The van der Waals surface area contributed by atoms with E-state index in [9.17, 15) is 4.79 Å². The van der Waals surface area contributed by atoms with Crippen LogP contribution in [0, 0.1) is 12.3 Å². The molecule has 2 rings (SSSR count). The fourth-order valence-electron chi connectivity index (χ4n) is 2.90. The number of carbonyl (C=O) groups is 1. The van der Waals surface area contributed by atoms with E-state index >= 15 is 0 Å². The fraction of sp³-hybridized carbons (Fsp3) is 0.588. The van der Waals surface area contributed by atoms with Crippen LogP contribution in [0.15, 0.2) is 24.3 Å². The highest BCUT2D eigenvalue weighted by Crippen LogP contribution is 2.37. The summed E-state index contributed by atoms with van der Waals surface area (Å²) in [5, 5.41) is 9.02. The van der Waals surface area contributed by atoms with E-state index in [0.29, 0.717) is 18.0 Å². The van der Waals surface area contributed by atoms with Crippen molar-refractivity contribution in [2.45, 2.75) is 39.7 Å². The molecule has 1 heterocycles. The number of thioether (sulfide) groups is 1. The summed E-state index contributed by atoms with van der Waals surface area (Å²) >= 11 is 1.98. The highest BCUT2D eigenvalue weighted by atomic mass is 32.2. The van der Waals surface area contributed by atoms with E-state index in [0.717, 1.165) is 17.9 Å². The first-order valence-electron chi connectivity index (χ1n) is 7.50. The van der Waals surface area contributed by atoms with Gasteiger partial charge < -0.3 is 10.0 Å². The lowest BCUT2D eigenvalue weighted by Gasteiger charge is -2.42. The SMILES string of the molecule is Cc1ccc(N(CCC(=O)O)C2CSCC(C)(C)C2)cc1. The van der Waals surface area contributed by atoms with Gasteiger partial charge in [-0.15, -0.1) is 0 Å². The summed E-state index contributed by atoms with van der Waals surface area (Å²) in [5.74, 6) is 1.54. The molecule has 1 saturated heterocycles. The predicted octanol–water partition coefficient (Wildman–Crippen LogP) is 3.81. The maximum Gasteiger partial charge on any atom is 0.305 e. The molecule has 21 heavy (non-hydrogen) atoms. The molecule has 0 bridgehead atoms. The number of rotatable bonds is 5. The van der Waals surface area contributed by atoms with Crippen LogP contribution in [0.25, 0.3) is 0 Å². The Morgan fingerprint density at radius 2 is 2.05 bits per heavy atom. The lowest BCUT2D eigenvalue weighted by Crippen LogP contribution is -2.44. The molecule has 1 aliphatic rings. The van der Waals surface area contributed by atoms with Crippen molar-refractivity contribution in [3.8, 4) is 0 Å². The van der Waals surface area contributed by atoms with Crippen LogP contribution in [0.3, 0.4) is 0 Å². The Balaban J connectivity index is 2.18. The Morgan fingerprint density at radius 1 is 1.38 bits per heavy atom. The largest absolute Gasteiger partial charge is 0.481 e. The first-order valence-corrected chi connectivity index (χ1v) is 8.66. The minimum absolute atomic E-state index is 0.190. The summed E-state index contributed by atoms with van der Waals surface area (Å²) in [5.41, 5.74) is 2.69. The summed E-state index contributed by atoms with van der Waals surface area (Å²) in [4.78, 5) is 13.3. The Hall–Kier alpha value is -1.16. The molecule has 0 aromatic heterocycles. The van der Waals surface area contributed by atoms with E-state index in [-0.39, 0.29) is 6.42 Å². The summed E-state index contributed by atoms with van der Waals surface area (Å²) < 4.78 is 0. The fourth-order valence-corrected chi connectivity index (χ4v) is 4.26. The lowest BCUT2D eigenvalue weighted by molar-refractivity contribution is -0.136. The lowest BCUT2D eigenvalue weighted by atomic mass is 9.87. The number of nitrogens with zero attached hydrogens (tertiary/aromatic N) is 1. The number of aliphatic carboxylic acids is 1. The van der Waals surface area contributed by atoms with Crippen LogP contribution in [-0.4, -0.2) is 35.2 Å². The number of aryl methyl sites for hydroxylation is 1. The second kappa shape index (κ2) is 6.73. The molecule has 0 amide bonds. The maximum absolute atomic E-state index is 11.0. The summed E-state index contributed by atoms with van der Waals surface area (Å²) in [6.45, 7) is 7.26. The van der Waals surface area contributed by atoms with Crippen molar-refractivity contribution in [2.24, 2.45) is 5.41 Å². The van der Waals surface area contributed by atoms with Gasteiger partial charge in [-0.25, -0.2) is 0 Å². The van der Waals surface area contributed by atoms with Crippen molar-refractivity contribution in [1.82, 2.24) is 0 Å². The molecule has 4 heteroatoms. The second-order valence-electron chi connectivity index (χ2n) is 6.71. The monoisotopic (exact) mass is 307 g/mol. The van der Waals surface area contributed by atoms with Crippen LogP contribution >= 0.6 is 11.8 Å². The molecule has 1 aliphatic heterocycles. The van der Waals surface area contributed by atoms with E-state index in [1.54, 1.807) is 0 Å². The number of anilines is 1. The Bertz CT molecular complexity index is 484. The van der Waals surface area contributed by atoms with Gasteiger partial charge in [0.2, 0.25) is 0 Å². The molecule has 0 aliphatic carbocycles. The number of hydrogen-bond donors (Lipinski definition) is 1. The number of carboxylic acids is 1. The van der Waals surface area contributed by atoms with Crippen LogP contribution < -0.4 is 4.90 Å². The smallest absolute Gasteiger partial charge is 0.305 e. The first-order chi connectivity index (χ1) is 9.87. The van der Waals surface area contributed by atoms with E-state index in [4.69, 9.17) is 5.11 Å². The molecule has 0 radical (unpaired) electrons. The molecule has 0 saturated carbocycles. The van der Waals surface area contributed by atoms with Crippen LogP contribution in [-0.2, 0) is 4.79 Å². The molecule has 1 atom stereocenters. The topological polar surface area (TPSA) is 40.5 Å². The molecular formula is C17H25NO2S. The van der Waals surface area contributed by atoms with Crippen LogP contribution in [0.5, 0.6) is 0 Å². The number of carboxylic acid groups (broad SMARTS) is 1. The summed E-state index contributed by atoms with van der Waals surface area (Å²) in [6, 6.07) is 8.85. The van der Waals surface area contributed by atoms with E-state index in [1.807, 2.05) is 11.8 Å². The van der Waals surface area contributed by atoms with Crippen LogP contribution in [0.1, 0.15) is 32.3 Å². The van der Waals surface area contributed by atoms with Crippen molar-refractivity contribution >= 4 is 23.4 Å². The normalized spacial score (nSPS) is 21.0. The predicted molar refractivity (Wildman–Crippen MR) is 90.3 cm³/mol. The van der Waals surface area contributed by atoms with Gasteiger partial charge in [0.05, 0.1) is 6.42 Å². The molecule has 1 fully saturated rings. The number of benzene rings is 1. The average molecular weight is 307 g/mol. The van der Waals surface area contributed by atoms with Gasteiger partial charge in [0.1, 0.15) is 0 Å². The standard InChI is InChI=1S/C17H25NO2S/c1-13-4-6-14(7-5-13)18(9-8-16(19)20)15-10-17(2,3)12-21-11-15/h4-7,15H,8-12H2,1-3H3,(H,19,20). The van der Waals surface area contributed by atoms with Crippen molar-refractivity contribution in [2.75, 3.05) is 23.0 Å². The van der Waals surface area contributed by atoms with Gasteiger partial charge in [0.15, 0.2) is 0 Å². The van der Waals surface area contributed by atoms with Crippen LogP contribution in [0.4, 0.5) is 5.69 Å². The minimum Gasteiger partial charge on any atom is -0.481 e. The zero-order chi connectivity index (χ0) is 15.5. The van der Waals surface area contributed by atoms with Gasteiger partial charge in [0.25, 0.3) is 0 Å². The van der Waals surface area contributed by atoms with E-state index in [1.165, 1.54) is 11.3 Å². The van der Waals surface area contributed by atoms with Crippen LogP contribution in [0.2, 0.25) is 0 Å². The quantitative estimate of drug-likeness (QED) is 0.898. The molecule has 1 unspecified atom stereocenters. The van der Waals surface area contributed by atoms with Gasteiger partial charge in [-0.1, -0.05) is 31.5 Å². The molecular weight excluding hydrogens is 282 g/mol. The summed E-state index contributed by atoms with van der Waals surface area (Å²) in [7, 11) is 0. The molecule has 3 nitrogen and oxygen atoms in total. The zero-order valence-electron chi connectivity index (χ0n) is 13.1. The molecule has 116 valence electrons. The third kappa shape index (κ3) is 4.67. The Kier molecular flexibility index (Phi) is 5.20. The Labute approximate surface area is 131 Å². The van der Waals surface area contributed by atoms with E-state index in [2.05, 4.69) is 49.9 Å². The summed E-state index contributed by atoms with van der Waals surface area (Å²) in [6.07, 6.45) is 1.31.